The molecule has 0 radical (unpaired) electrons. The van der Waals surface area contributed by atoms with Crippen molar-refractivity contribution in [3.05, 3.63) is 29.3 Å². The molecule has 1 saturated carbocycles. The number of benzene rings is 1. The molecule has 2 aliphatic rings. The quantitative estimate of drug-likeness (QED) is 0.489. The molecule has 3 rings (SSSR count). The molecule has 2 amide bonds. The lowest BCUT2D eigenvalue weighted by Gasteiger charge is -2.35. The zero-order chi connectivity index (χ0) is 20.8. The van der Waals surface area contributed by atoms with E-state index in [9.17, 15) is 9.59 Å². The molecule has 1 aromatic rings. The lowest BCUT2D eigenvalue weighted by atomic mass is 9.88. The van der Waals surface area contributed by atoms with E-state index in [0.717, 1.165) is 42.5 Å². The molecule has 6 heteroatoms. The van der Waals surface area contributed by atoms with Crippen molar-refractivity contribution in [3.63, 3.8) is 0 Å². The summed E-state index contributed by atoms with van der Waals surface area (Å²) in [5, 5.41) is 3.11. The van der Waals surface area contributed by atoms with Gasteiger partial charge < -0.3 is 10.1 Å². The Labute approximate surface area is 178 Å². The number of carbonyl (C=O) groups is 2. The Morgan fingerprint density at radius 3 is 2.66 bits per heavy atom. The van der Waals surface area contributed by atoms with Gasteiger partial charge in [-0.3, -0.25) is 4.90 Å². The highest BCUT2D eigenvalue weighted by Crippen LogP contribution is 2.41. The largest absolute Gasteiger partial charge is 0.464 e. The maximum atomic E-state index is 13.3. The van der Waals surface area contributed by atoms with Gasteiger partial charge in [0, 0.05) is 11.4 Å². The first-order valence-corrected chi connectivity index (χ1v) is 12.0. The van der Waals surface area contributed by atoms with E-state index in [1.807, 2.05) is 26.0 Å². The molecule has 0 aromatic heterocycles. The van der Waals surface area contributed by atoms with E-state index in [0.29, 0.717) is 18.3 Å². The molecule has 1 saturated heterocycles. The van der Waals surface area contributed by atoms with Crippen molar-refractivity contribution in [2.75, 3.05) is 17.7 Å². The monoisotopic (exact) mass is 418 g/mol. The van der Waals surface area contributed by atoms with Gasteiger partial charge in [-0.25, -0.2) is 9.59 Å². The van der Waals surface area contributed by atoms with Crippen molar-refractivity contribution < 1.29 is 14.3 Å². The average Bonchev–Trinajstić information content (AvgIpc) is 3.16. The smallest absolute Gasteiger partial charge is 0.329 e. The molecule has 29 heavy (non-hydrogen) atoms. The summed E-state index contributed by atoms with van der Waals surface area (Å²) in [6, 6.07) is 5.31. The van der Waals surface area contributed by atoms with Crippen LogP contribution in [0.5, 0.6) is 0 Å². The predicted octanol–water partition coefficient (Wildman–Crippen LogP) is 5.50. The summed E-state index contributed by atoms with van der Waals surface area (Å²) in [5.74, 6) is 0.805. The maximum absolute atomic E-state index is 13.3. The van der Waals surface area contributed by atoms with E-state index in [-0.39, 0.29) is 17.4 Å². The number of anilines is 1. The average molecular weight is 419 g/mol. The molecular formula is C23H34N2O3S. The van der Waals surface area contributed by atoms with E-state index in [1.54, 1.807) is 16.7 Å². The summed E-state index contributed by atoms with van der Waals surface area (Å²) in [4.78, 5) is 27.9. The number of esters is 1. The zero-order valence-corrected chi connectivity index (χ0v) is 18.7. The van der Waals surface area contributed by atoms with Crippen molar-refractivity contribution in [2.24, 2.45) is 5.92 Å². The van der Waals surface area contributed by atoms with Gasteiger partial charge in [0.15, 0.2) is 0 Å². The van der Waals surface area contributed by atoms with E-state index < -0.39 is 6.04 Å². The highest BCUT2D eigenvalue weighted by molar-refractivity contribution is 8.00. The molecule has 0 spiro atoms. The number of urea groups is 1. The van der Waals surface area contributed by atoms with Crippen molar-refractivity contribution in [1.29, 1.82) is 0 Å². The molecule has 1 heterocycles. The number of unbranched alkanes of at least 4 members (excludes halogenated alkanes) is 1. The number of hydrogen-bond donors (Lipinski definition) is 1. The van der Waals surface area contributed by atoms with E-state index in [4.69, 9.17) is 4.74 Å². The van der Waals surface area contributed by atoms with Gasteiger partial charge in [0.25, 0.3) is 0 Å². The van der Waals surface area contributed by atoms with Crippen LogP contribution in [0.3, 0.4) is 0 Å². The number of thioether (sulfide) groups is 1. The minimum absolute atomic E-state index is 0.0461. The Bertz CT molecular complexity index is 718. The summed E-state index contributed by atoms with van der Waals surface area (Å²) in [6.45, 7) is 6.53. The summed E-state index contributed by atoms with van der Waals surface area (Å²) in [5.41, 5.74) is 2.99. The van der Waals surface area contributed by atoms with Crippen LogP contribution in [-0.2, 0) is 9.53 Å². The van der Waals surface area contributed by atoms with Crippen molar-refractivity contribution >= 4 is 29.4 Å². The molecule has 160 valence electrons. The van der Waals surface area contributed by atoms with Gasteiger partial charge in [-0.2, -0.15) is 0 Å². The first-order chi connectivity index (χ1) is 14.0. The molecule has 0 bridgehead atoms. The number of carbonyl (C=O) groups excluding carboxylic acids is 2. The molecular weight excluding hydrogens is 384 g/mol. The SMILES string of the molecule is CCCCOC(=O)[C@H]1CS[C@@H](C2CCCCC2)N1C(=O)Nc1ccc(C)cc1C. The topological polar surface area (TPSA) is 58.6 Å². The summed E-state index contributed by atoms with van der Waals surface area (Å²) in [7, 11) is 0. The second kappa shape index (κ2) is 10.4. The summed E-state index contributed by atoms with van der Waals surface area (Å²) in [6.07, 6.45) is 7.77. The van der Waals surface area contributed by atoms with Crippen LogP contribution in [0.2, 0.25) is 0 Å². The molecule has 5 nitrogen and oxygen atoms in total. The van der Waals surface area contributed by atoms with Crippen LogP contribution >= 0.6 is 11.8 Å². The minimum atomic E-state index is -0.505. The van der Waals surface area contributed by atoms with Crippen molar-refractivity contribution in [1.82, 2.24) is 4.90 Å². The number of nitrogens with zero attached hydrogens (tertiary/aromatic N) is 1. The fourth-order valence-electron chi connectivity index (χ4n) is 4.30. The van der Waals surface area contributed by atoms with Gasteiger partial charge in [-0.1, -0.05) is 50.3 Å². The predicted molar refractivity (Wildman–Crippen MR) is 119 cm³/mol. The first-order valence-electron chi connectivity index (χ1n) is 11.0. The Hall–Kier alpha value is -1.69. The van der Waals surface area contributed by atoms with Crippen LogP contribution in [0, 0.1) is 19.8 Å². The zero-order valence-electron chi connectivity index (χ0n) is 17.9. The third-order valence-corrected chi connectivity index (χ3v) is 7.42. The molecule has 1 aromatic carbocycles. The van der Waals surface area contributed by atoms with Gasteiger partial charge in [-0.05, 0) is 50.7 Å². The van der Waals surface area contributed by atoms with Crippen LogP contribution in [0.15, 0.2) is 18.2 Å². The normalized spacial score (nSPS) is 22.5. The second-order valence-corrected chi connectivity index (χ2v) is 9.46. The Morgan fingerprint density at radius 1 is 1.21 bits per heavy atom. The Balaban J connectivity index is 1.77. The number of amides is 2. The lowest BCUT2D eigenvalue weighted by molar-refractivity contribution is -0.148. The highest BCUT2D eigenvalue weighted by Gasteiger charge is 2.45. The Kier molecular flexibility index (Phi) is 7.87. The summed E-state index contributed by atoms with van der Waals surface area (Å²) < 4.78 is 5.50. The molecule has 2 atom stereocenters. The fraction of sp³-hybridized carbons (Fsp3) is 0.652. The molecule has 1 N–H and O–H groups in total. The standard InChI is InChI=1S/C23H34N2O3S/c1-4-5-13-28-22(26)20-15-29-21(18-9-7-6-8-10-18)25(20)23(27)24-19-12-11-16(2)14-17(19)3/h11-12,14,18,20-21H,4-10,13,15H2,1-3H3,(H,24,27)/t20-,21+/m1/s1. The second-order valence-electron chi connectivity index (χ2n) is 8.31. The van der Waals surface area contributed by atoms with E-state index >= 15 is 0 Å². The van der Waals surface area contributed by atoms with Crippen LogP contribution in [0.1, 0.15) is 63.0 Å². The van der Waals surface area contributed by atoms with Crippen LogP contribution in [-0.4, -0.2) is 40.7 Å². The first kappa shape index (κ1) is 22.0. The van der Waals surface area contributed by atoms with E-state index in [2.05, 4.69) is 18.3 Å². The number of nitrogens with one attached hydrogen (secondary N) is 1. The molecule has 2 fully saturated rings. The molecule has 0 unspecified atom stereocenters. The number of hydrogen-bond acceptors (Lipinski definition) is 4. The van der Waals surface area contributed by atoms with Gasteiger partial charge >= 0.3 is 12.0 Å². The van der Waals surface area contributed by atoms with Gasteiger partial charge in [0.2, 0.25) is 0 Å². The van der Waals surface area contributed by atoms with Crippen LogP contribution in [0.4, 0.5) is 10.5 Å². The van der Waals surface area contributed by atoms with Crippen molar-refractivity contribution in [2.45, 2.75) is 77.1 Å². The van der Waals surface area contributed by atoms with Gasteiger partial charge in [0.1, 0.15) is 6.04 Å². The number of rotatable bonds is 6. The summed E-state index contributed by atoms with van der Waals surface area (Å²) >= 11 is 1.74. The highest BCUT2D eigenvalue weighted by atomic mass is 32.2. The minimum Gasteiger partial charge on any atom is -0.464 e. The lowest BCUT2D eigenvalue weighted by Crippen LogP contribution is -2.50. The third-order valence-electron chi connectivity index (χ3n) is 5.96. The third kappa shape index (κ3) is 5.47. The number of aryl methyl sites for hydroxylation is 2. The molecule has 1 aliphatic heterocycles. The molecule has 1 aliphatic carbocycles. The van der Waals surface area contributed by atoms with Gasteiger partial charge in [-0.15, -0.1) is 11.8 Å². The van der Waals surface area contributed by atoms with Crippen LogP contribution in [0.25, 0.3) is 0 Å². The van der Waals surface area contributed by atoms with Crippen molar-refractivity contribution in [3.8, 4) is 0 Å². The van der Waals surface area contributed by atoms with Crippen LogP contribution < -0.4 is 5.32 Å². The maximum Gasteiger partial charge on any atom is 0.329 e. The fourth-order valence-corrected chi connectivity index (χ4v) is 5.92. The Morgan fingerprint density at radius 2 is 1.97 bits per heavy atom. The van der Waals surface area contributed by atoms with Gasteiger partial charge in [0.05, 0.1) is 12.0 Å². The number of ether oxygens (including phenoxy) is 1. The van der Waals surface area contributed by atoms with E-state index in [1.165, 1.54) is 19.3 Å².